The Morgan fingerprint density at radius 1 is 1.19 bits per heavy atom. The summed E-state index contributed by atoms with van der Waals surface area (Å²) in [7, 11) is 0. The fourth-order valence-corrected chi connectivity index (χ4v) is 2.36. The molecule has 0 aromatic rings. The van der Waals surface area contributed by atoms with Crippen molar-refractivity contribution in [2.45, 2.75) is 12.8 Å². The SMILES string of the molecule is O=C(C1CCN(CO)CC1)N1CCOCC1. The van der Waals surface area contributed by atoms with E-state index in [1.54, 1.807) is 0 Å². The van der Waals surface area contributed by atoms with E-state index >= 15 is 0 Å². The van der Waals surface area contributed by atoms with E-state index in [-0.39, 0.29) is 18.6 Å². The Morgan fingerprint density at radius 2 is 1.81 bits per heavy atom. The maximum Gasteiger partial charge on any atom is 0.225 e. The molecule has 5 heteroatoms. The topological polar surface area (TPSA) is 53.0 Å². The van der Waals surface area contributed by atoms with Crippen LogP contribution in [0.25, 0.3) is 0 Å². The van der Waals surface area contributed by atoms with E-state index in [4.69, 9.17) is 9.84 Å². The van der Waals surface area contributed by atoms with Crippen LogP contribution in [0.2, 0.25) is 0 Å². The van der Waals surface area contributed by atoms with Gasteiger partial charge in [-0.15, -0.1) is 0 Å². The van der Waals surface area contributed by atoms with Gasteiger partial charge in [0, 0.05) is 32.1 Å². The maximum absolute atomic E-state index is 12.1. The third kappa shape index (κ3) is 2.72. The van der Waals surface area contributed by atoms with Gasteiger partial charge >= 0.3 is 0 Å². The lowest BCUT2D eigenvalue weighted by Crippen LogP contribution is -2.46. The lowest BCUT2D eigenvalue weighted by molar-refractivity contribution is -0.141. The fraction of sp³-hybridized carbons (Fsp3) is 0.909. The molecule has 0 spiro atoms. The lowest BCUT2D eigenvalue weighted by atomic mass is 9.95. The summed E-state index contributed by atoms with van der Waals surface area (Å²) in [5.74, 6) is 0.432. The zero-order valence-electron chi connectivity index (χ0n) is 9.60. The molecule has 5 nitrogen and oxygen atoms in total. The second-order valence-electron chi connectivity index (χ2n) is 4.47. The van der Waals surface area contributed by atoms with Gasteiger partial charge in [0.1, 0.15) is 0 Å². The standard InChI is InChI=1S/C11H20N2O3/c14-9-12-3-1-10(2-4-12)11(15)13-5-7-16-8-6-13/h10,14H,1-9H2. The summed E-state index contributed by atoms with van der Waals surface area (Å²) in [6.07, 6.45) is 1.74. The predicted molar refractivity (Wildman–Crippen MR) is 58.8 cm³/mol. The second kappa shape index (κ2) is 5.61. The first-order valence-electron chi connectivity index (χ1n) is 6.01. The molecule has 0 aliphatic carbocycles. The summed E-state index contributed by atoms with van der Waals surface area (Å²) in [5.41, 5.74) is 0. The Balaban J connectivity index is 1.81. The minimum atomic E-state index is 0.110. The van der Waals surface area contributed by atoms with Crippen LogP contribution in [0, 0.1) is 5.92 Å². The van der Waals surface area contributed by atoms with E-state index in [0.29, 0.717) is 13.2 Å². The molecule has 2 aliphatic heterocycles. The van der Waals surface area contributed by atoms with E-state index in [1.165, 1.54) is 0 Å². The molecule has 2 heterocycles. The molecule has 2 aliphatic rings. The van der Waals surface area contributed by atoms with Crippen LogP contribution in [0.4, 0.5) is 0 Å². The molecule has 0 unspecified atom stereocenters. The summed E-state index contributed by atoms with van der Waals surface area (Å²) in [5, 5.41) is 8.98. The number of likely N-dealkylation sites (tertiary alicyclic amines) is 1. The summed E-state index contributed by atoms with van der Waals surface area (Å²) in [6.45, 7) is 4.58. The maximum atomic E-state index is 12.1. The van der Waals surface area contributed by atoms with Crippen molar-refractivity contribution in [1.82, 2.24) is 9.80 Å². The average molecular weight is 228 g/mol. The highest BCUT2D eigenvalue weighted by molar-refractivity contribution is 5.79. The van der Waals surface area contributed by atoms with Crippen LogP contribution in [0.5, 0.6) is 0 Å². The Morgan fingerprint density at radius 3 is 2.38 bits per heavy atom. The van der Waals surface area contributed by atoms with Gasteiger partial charge in [-0.2, -0.15) is 0 Å². The van der Waals surface area contributed by atoms with Crippen molar-refractivity contribution in [3.8, 4) is 0 Å². The van der Waals surface area contributed by atoms with Crippen molar-refractivity contribution in [2.75, 3.05) is 46.1 Å². The predicted octanol–water partition coefficient (Wildman–Crippen LogP) is -0.493. The Hall–Kier alpha value is -0.650. The van der Waals surface area contributed by atoms with Crippen LogP contribution in [-0.2, 0) is 9.53 Å². The summed E-state index contributed by atoms with van der Waals surface area (Å²) >= 11 is 0. The second-order valence-corrected chi connectivity index (χ2v) is 4.47. The highest BCUT2D eigenvalue weighted by Crippen LogP contribution is 2.19. The third-order valence-electron chi connectivity index (χ3n) is 3.46. The molecule has 0 atom stereocenters. The number of amides is 1. The summed E-state index contributed by atoms with van der Waals surface area (Å²) in [4.78, 5) is 16.0. The van der Waals surface area contributed by atoms with Gasteiger partial charge in [0.2, 0.25) is 5.91 Å². The lowest BCUT2D eigenvalue weighted by Gasteiger charge is -2.34. The summed E-state index contributed by atoms with van der Waals surface area (Å²) < 4.78 is 5.24. The molecule has 16 heavy (non-hydrogen) atoms. The van der Waals surface area contributed by atoms with E-state index in [2.05, 4.69) is 0 Å². The number of hydrogen-bond donors (Lipinski definition) is 1. The number of aliphatic hydroxyl groups is 1. The van der Waals surface area contributed by atoms with Crippen molar-refractivity contribution >= 4 is 5.91 Å². The summed E-state index contributed by atoms with van der Waals surface area (Å²) in [6, 6.07) is 0. The zero-order valence-corrected chi connectivity index (χ0v) is 9.60. The average Bonchev–Trinajstić information content (AvgIpc) is 2.39. The molecule has 2 saturated heterocycles. The van der Waals surface area contributed by atoms with Crippen LogP contribution < -0.4 is 0 Å². The molecule has 2 rings (SSSR count). The molecular weight excluding hydrogens is 208 g/mol. The normalized spacial score (nSPS) is 24.7. The van der Waals surface area contributed by atoms with Crippen LogP contribution in [0.15, 0.2) is 0 Å². The van der Waals surface area contributed by atoms with Crippen LogP contribution in [-0.4, -0.2) is 66.9 Å². The molecule has 0 saturated carbocycles. The fourth-order valence-electron chi connectivity index (χ4n) is 2.36. The van der Waals surface area contributed by atoms with Crippen molar-refractivity contribution in [1.29, 1.82) is 0 Å². The quantitative estimate of drug-likeness (QED) is 0.693. The molecule has 2 fully saturated rings. The number of ether oxygens (including phenoxy) is 1. The van der Waals surface area contributed by atoms with Crippen molar-refractivity contribution < 1.29 is 14.6 Å². The van der Waals surface area contributed by atoms with Gasteiger partial charge < -0.3 is 14.7 Å². The third-order valence-corrected chi connectivity index (χ3v) is 3.46. The van der Waals surface area contributed by atoms with Crippen molar-refractivity contribution in [2.24, 2.45) is 5.92 Å². The monoisotopic (exact) mass is 228 g/mol. The van der Waals surface area contributed by atoms with Gasteiger partial charge in [-0.25, -0.2) is 0 Å². The number of carbonyl (C=O) groups is 1. The van der Waals surface area contributed by atoms with Crippen molar-refractivity contribution in [3.05, 3.63) is 0 Å². The van der Waals surface area contributed by atoms with E-state index in [1.807, 2.05) is 9.80 Å². The van der Waals surface area contributed by atoms with Gasteiger partial charge in [0.15, 0.2) is 0 Å². The highest BCUT2D eigenvalue weighted by atomic mass is 16.5. The Kier molecular flexibility index (Phi) is 4.15. The molecule has 0 aromatic heterocycles. The van der Waals surface area contributed by atoms with Gasteiger partial charge in [-0.05, 0) is 12.8 Å². The molecule has 0 aromatic carbocycles. The smallest absolute Gasteiger partial charge is 0.225 e. The number of morpholine rings is 1. The minimum absolute atomic E-state index is 0.110. The van der Waals surface area contributed by atoms with E-state index in [9.17, 15) is 4.79 Å². The van der Waals surface area contributed by atoms with Gasteiger partial charge in [-0.1, -0.05) is 0 Å². The number of carbonyl (C=O) groups excluding carboxylic acids is 1. The first-order valence-corrected chi connectivity index (χ1v) is 6.01. The van der Waals surface area contributed by atoms with Crippen LogP contribution in [0.3, 0.4) is 0 Å². The molecular formula is C11H20N2O3. The number of piperidine rings is 1. The first kappa shape index (κ1) is 11.8. The zero-order chi connectivity index (χ0) is 11.4. The van der Waals surface area contributed by atoms with E-state index in [0.717, 1.165) is 39.0 Å². The van der Waals surface area contributed by atoms with Gasteiger partial charge in [0.25, 0.3) is 0 Å². The van der Waals surface area contributed by atoms with Crippen LogP contribution >= 0.6 is 0 Å². The molecule has 1 N–H and O–H groups in total. The number of nitrogens with zero attached hydrogens (tertiary/aromatic N) is 2. The molecule has 0 radical (unpaired) electrons. The van der Waals surface area contributed by atoms with E-state index < -0.39 is 0 Å². The molecule has 0 bridgehead atoms. The number of aliphatic hydroxyl groups excluding tert-OH is 1. The number of rotatable bonds is 2. The molecule has 1 amide bonds. The largest absolute Gasteiger partial charge is 0.381 e. The first-order chi connectivity index (χ1) is 7.81. The highest BCUT2D eigenvalue weighted by Gasteiger charge is 2.28. The Bertz CT molecular complexity index is 233. The number of hydrogen-bond acceptors (Lipinski definition) is 4. The Labute approximate surface area is 96.0 Å². The van der Waals surface area contributed by atoms with Crippen LogP contribution in [0.1, 0.15) is 12.8 Å². The van der Waals surface area contributed by atoms with Gasteiger partial charge in [0.05, 0.1) is 19.9 Å². The van der Waals surface area contributed by atoms with Gasteiger partial charge in [-0.3, -0.25) is 9.69 Å². The van der Waals surface area contributed by atoms with Crippen molar-refractivity contribution in [3.63, 3.8) is 0 Å². The molecule has 92 valence electrons. The minimum Gasteiger partial charge on any atom is -0.381 e.